The van der Waals surface area contributed by atoms with Crippen molar-refractivity contribution in [2.75, 3.05) is 20.1 Å². The molecule has 0 saturated carbocycles. The van der Waals surface area contributed by atoms with Gasteiger partial charge in [-0.15, -0.1) is 0 Å². The monoisotopic (exact) mass is 268 g/mol. The quantitative estimate of drug-likeness (QED) is 0.474. The third-order valence-corrected chi connectivity index (χ3v) is 3.30. The second-order valence-corrected chi connectivity index (χ2v) is 4.63. The first-order valence-electron chi connectivity index (χ1n) is 6.10. The number of imide groups is 1. The molecule has 2 fully saturated rings. The molecule has 2 aliphatic rings. The molecule has 4 amide bonds. The van der Waals surface area contributed by atoms with E-state index in [0.29, 0.717) is 6.42 Å². The number of nitrogens with one attached hydrogen (secondary N) is 3. The van der Waals surface area contributed by atoms with E-state index in [1.165, 1.54) is 7.05 Å². The van der Waals surface area contributed by atoms with Crippen LogP contribution in [0.15, 0.2) is 0 Å². The highest BCUT2D eigenvalue weighted by molar-refractivity contribution is 6.02. The van der Waals surface area contributed by atoms with Gasteiger partial charge in [0.15, 0.2) is 0 Å². The second-order valence-electron chi connectivity index (χ2n) is 4.63. The standard InChI is InChI=1S/C11H16N4O4/c1-15-9(17)3-2-6(11(15)19)14-10(18)7-4-13-8(16)5-12-7/h6-7,12H,2-5H2,1H3,(H,13,16)(H,14,18). The predicted octanol–water partition coefficient (Wildman–Crippen LogP) is -2.66. The summed E-state index contributed by atoms with van der Waals surface area (Å²) in [5.74, 6) is -1.15. The molecule has 3 N–H and O–H groups in total. The SMILES string of the molecule is CN1C(=O)CCC(NC(=O)C2CNC(=O)CN2)C1=O. The Morgan fingerprint density at radius 2 is 2.11 bits per heavy atom. The molecule has 0 aromatic heterocycles. The number of piperidine rings is 1. The molecule has 0 aromatic carbocycles. The van der Waals surface area contributed by atoms with E-state index < -0.39 is 18.0 Å². The number of carbonyl (C=O) groups excluding carboxylic acids is 4. The van der Waals surface area contributed by atoms with Crippen LogP contribution < -0.4 is 16.0 Å². The molecular weight excluding hydrogens is 252 g/mol. The molecule has 8 heteroatoms. The molecule has 0 spiro atoms. The molecule has 2 saturated heterocycles. The van der Waals surface area contributed by atoms with Gasteiger partial charge in [0.1, 0.15) is 12.1 Å². The first-order chi connectivity index (χ1) is 8.99. The van der Waals surface area contributed by atoms with Gasteiger partial charge < -0.3 is 10.6 Å². The van der Waals surface area contributed by atoms with Crippen LogP contribution >= 0.6 is 0 Å². The Morgan fingerprint density at radius 3 is 2.74 bits per heavy atom. The fourth-order valence-corrected chi connectivity index (χ4v) is 2.07. The van der Waals surface area contributed by atoms with Gasteiger partial charge in [0, 0.05) is 20.0 Å². The van der Waals surface area contributed by atoms with E-state index in [1.807, 2.05) is 0 Å². The van der Waals surface area contributed by atoms with Gasteiger partial charge >= 0.3 is 0 Å². The van der Waals surface area contributed by atoms with E-state index in [-0.39, 0.29) is 37.2 Å². The minimum absolute atomic E-state index is 0.0785. The fourth-order valence-electron chi connectivity index (χ4n) is 2.07. The molecule has 0 aromatic rings. The van der Waals surface area contributed by atoms with Gasteiger partial charge in [-0.2, -0.15) is 0 Å². The Kier molecular flexibility index (Phi) is 3.79. The van der Waals surface area contributed by atoms with E-state index in [1.54, 1.807) is 0 Å². The number of amides is 4. The Hall–Kier alpha value is -1.96. The average Bonchev–Trinajstić information content (AvgIpc) is 2.40. The largest absolute Gasteiger partial charge is 0.353 e. The highest BCUT2D eigenvalue weighted by atomic mass is 16.2. The molecule has 104 valence electrons. The van der Waals surface area contributed by atoms with Gasteiger partial charge in [0.2, 0.25) is 17.7 Å². The van der Waals surface area contributed by atoms with Crippen LogP contribution in [0.4, 0.5) is 0 Å². The lowest BCUT2D eigenvalue weighted by molar-refractivity contribution is -0.149. The third kappa shape index (κ3) is 2.90. The number of likely N-dealkylation sites (N-methyl/N-ethyl adjacent to an activating group) is 1. The summed E-state index contributed by atoms with van der Waals surface area (Å²) < 4.78 is 0. The van der Waals surface area contributed by atoms with Crippen molar-refractivity contribution in [3.05, 3.63) is 0 Å². The van der Waals surface area contributed by atoms with Crippen molar-refractivity contribution in [2.45, 2.75) is 24.9 Å². The maximum Gasteiger partial charge on any atom is 0.251 e. The Balaban J connectivity index is 1.90. The molecule has 2 unspecified atom stereocenters. The second kappa shape index (κ2) is 5.35. The van der Waals surface area contributed by atoms with Crippen molar-refractivity contribution < 1.29 is 19.2 Å². The molecule has 0 aliphatic carbocycles. The van der Waals surface area contributed by atoms with Gasteiger partial charge in [-0.1, -0.05) is 0 Å². The van der Waals surface area contributed by atoms with Crippen LogP contribution in [0.5, 0.6) is 0 Å². The molecule has 2 rings (SSSR count). The lowest BCUT2D eigenvalue weighted by Crippen LogP contribution is -2.61. The normalized spacial score (nSPS) is 28.1. The summed E-state index contributed by atoms with van der Waals surface area (Å²) in [4.78, 5) is 47.0. The van der Waals surface area contributed by atoms with Crippen LogP contribution in [0.3, 0.4) is 0 Å². The summed E-state index contributed by atoms with van der Waals surface area (Å²) >= 11 is 0. The number of rotatable bonds is 2. The first-order valence-corrected chi connectivity index (χ1v) is 6.10. The summed E-state index contributed by atoms with van der Waals surface area (Å²) in [7, 11) is 1.40. The maximum atomic E-state index is 11.9. The van der Waals surface area contributed by atoms with E-state index in [9.17, 15) is 19.2 Å². The van der Waals surface area contributed by atoms with Crippen molar-refractivity contribution in [2.24, 2.45) is 0 Å². The highest BCUT2D eigenvalue weighted by Gasteiger charge is 2.34. The van der Waals surface area contributed by atoms with E-state index in [0.717, 1.165) is 4.90 Å². The molecule has 0 bridgehead atoms. The minimum atomic E-state index is -0.672. The Labute approximate surface area is 109 Å². The zero-order valence-corrected chi connectivity index (χ0v) is 10.6. The molecule has 2 atom stereocenters. The zero-order valence-electron chi connectivity index (χ0n) is 10.6. The zero-order chi connectivity index (χ0) is 14.0. The number of hydrogen-bond acceptors (Lipinski definition) is 5. The first kappa shape index (κ1) is 13.5. The van der Waals surface area contributed by atoms with Crippen LogP contribution in [0.2, 0.25) is 0 Å². The van der Waals surface area contributed by atoms with Crippen molar-refractivity contribution in [3.63, 3.8) is 0 Å². The molecule has 8 nitrogen and oxygen atoms in total. The summed E-state index contributed by atoms with van der Waals surface area (Å²) in [6.07, 6.45) is 0.550. The molecule has 19 heavy (non-hydrogen) atoms. The number of piperazine rings is 1. The number of hydrogen-bond donors (Lipinski definition) is 3. The smallest absolute Gasteiger partial charge is 0.251 e. The van der Waals surface area contributed by atoms with Crippen molar-refractivity contribution in [1.29, 1.82) is 0 Å². The molecular formula is C11H16N4O4. The molecule has 2 heterocycles. The fraction of sp³-hybridized carbons (Fsp3) is 0.636. The van der Waals surface area contributed by atoms with Gasteiger partial charge in [0.25, 0.3) is 5.91 Å². The summed E-state index contributed by atoms with van der Waals surface area (Å²) in [6.45, 7) is 0.273. The molecule has 0 radical (unpaired) electrons. The molecule has 2 aliphatic heterocycles. The summed E-state index contributed by atoms with van der Waals surface area (Å²) in [6, 6.07) is -1.22. The average molecular weight is 268 g/mol. The van der Waals surface area contributed by atoms with Crippen molar-refractivity contribution >= 4 is 23.6 Å². The van der Waals surface area contributed by atoms with Gasteiger partial charge in [-0.25, -0.2) is 0 Å². The highest BCUT2D eigenvalue weighted by Crippen LogP contribution is 2.11. The Bertz CT molecular complexity index is 426. The van der Waals surface area contributed by atoms with Crippen molar-refractivity contribution in [1.82, 2.24) is 20.9 Å². The van der Waals surface area contributed by atoms with Gasteiger partial charge in [-0.3, -0.25) is 29.4 Å². The Morgan fingerprint density at radius 1 is 1.37 bits per heavy atom. The van der Waals surface area contributed by atoms with Crippen LogP contribution in [0.1, 0.15) is 12.8 Å². The van der Waals surface area contributed by atoms with Gasteiger partial charge in [0.05, 0.1) is 6.54 Å². The van der Waals surface area contributed by atoms with Crippen LogP contribution in [0.25, 0.3) is 0 Å². The van der Waals surface area contributed by atoms with Gasteiger partial charge in [-0.05, 0) is 6.42 Å². The van der Waals surface area contributed by atoms with E-state index in [2.05, 4.69) is 16.0 Å². The van der Waals surface area contributed by atoms with Crippen molar-refractivity contribution in [3.8, 4) is 0 Å². The summed E-state index contributed by atoms with van der Waals surface area (Å²) in [5, 5.41) is 7.95. The maximum absolute atomic E-state index is 11.9. The van der Waals surface area contributed by atoms with E-state index >= 15 is 0 Å². The number of likely N-dealkylation sites (tertiary alicyclic amines) is 1. The minimum Gasteiger partial charge on any atom is -0.353 e. The third-order valence-electron chi connectivity index (χ3n) is 3.30. The topological polar surface area (TPSA) is 108 Å². The lowest BCUT2D eigenvalue weighted by Gasteiger charge is -2.30. The van der Waals surface area contributed by atoms with Crippen LogP contribution in [-0.4, -0.2) is 60.7 Å². The van der Waals surface area contributed by atoms with E-state index in [4.69, 9.17) is 0 Å². The number of nitrogens with zero attached hydrogens (tertiary/aromatic N) is 1. The lowest BCUT2D eigenvalue weighted by atomic mass is 10.0. The van der Waals surface area contributed by atoms with Crippen LogP contribution in [-0.2, 0) is 19.2 Å². The predicted molar refractivity (Wildman–Crippen MR) is 63.7 cm³/mol. The number of carbonyl (C=O) groups is 4. The summed E-state index contributed by atoms with van der Waals surface area (Å²) in [5.41, 5.74) is 0. The van der Waals surface area contributed by atoms with Crippen LogP contribution in [0, 0.1) is 0 Å².